The summed E-state index contributed by atoms with van der Waals surface area (Å²) in [6, 6.07) is 10.7. The molecule has 0 radical (unpaired) electrons. The number of nitrogens with zero attached hydrogens (tertiary/aromatic N) is 2. The molecule has 0 unspecified atom stereocenters. The minimum atomic E-state index is -1.43. The number of carbonyl (C=O) groups is 1. The summed E-state index contributed by atoms with van der Waals surface area (Å²) < 4.78 is 9.95. The van der Waals surface area contributed by atoms with Gasteiger partial charge < -0.3 is 19.2 Å². The maximum absolute atomic E-state index is 10.7. The largest absolute Gasteiger partial charge is 0.513 e. The van der Waals surface area contributed by atoms with E-state index in [1.54, 1.807) is 12.1 Å². The minimum Gasteiger partial charge on any atom is -0.449 e. The van der Waals surface area contributed by atoms with E-state index in [4.69, 9.17) is 44.3 Å². The van der Waals surface area contributed by atoms with Crippen LogP contribution >= 0.6 is 34.8 Å². The van der Waals surface area contributed by atoms with Gasteiger partial charge in [-0.15, -0.1) is 0 Å². The predicted octanol–water partition coefficient (Wildman–Crippen LogP) is 5.77. The fourth-order valence-electron chi connectivity index (χ4n) is 3.53. The van der Waals surface area contributed by atoms with Crippen LogP contribution in [0.4, 0.5) is 10.5 Å². The summed E-state index contributed by atoms with van der Waals surface area (Å²) in [6.45, 7) is 4.10. The smallest absolute Gasteiger partial charge is 0.449 e. The Morgan fingerprint density at radius 2 is 1.72 bits per heavy atom. The van der Waals surface area contributed by atoms with Gasteiger partial charge in [-0.05, 0) is 35.9 Å². The van der Waals surface area contributed by atoms with E-state index in [9.17, 15) is 4.79 Å². The van der Waals surface area contributed by atoms with Crippen LogP contribution in [0.15, 0.2) is 40.8 Å². The molecule has 2 aromatic carbocycles. The molecule has 3 aromatic rings. The van der Waals surface area contributed by atoms with Crippen molar-refractivity contribution in [2.45, 2.75) is 6.54 Å². The summed E-state index contributed by atoms with van der Waals surface area (Å²) in [5.74, 6) is -0.100. The quantitative estimate of drug-likeness (QED) is 0.504. The number of ether oxygens (including phenoxy) is 1. The Balaban J connectivity index is 1.45. The van der Waals surface area contributed by atoms with Crippen LogP contribution in [0.2, 0.25) is 15.1 Å². The molecule has 9 heteroatoms. The molecule has 1 N–H and O–H groups in total. The van der Waals surface area contributed by atoms with Crippen LogP contribution in [-0.2, 0) is 6.54 Å². The first kappa shape index (κ1) is 20.2. The molecule has 1 aliphatic rings. The van der Waals surface area contributed by atoms with Crippen molar-refractivity contribution in [3.63, 3.8) is 0 Å². The van der Waals surface area contributed by atoms with Gasteiger partial charge in [-0.25, -0.2) is 4.79 Å². The third-order valence-corrected chi connectivity index (χ3v) is 5.66. The first-order valence-electron chi connectivity index (χ1n) is 8.94. The van der Waals surface area contributed by atoms with E-state index in [2.05, 4.69) is 14.5 Å². The van der Waals surface area contributed by atoms with Gasteiger partial charge in [0.2, 0.25) is 0 Å². The fraction of sp³-hybridized carbons (Fsp3) is 0.250. The number of hydrogen-bond acceptors (Lipinski definition) is 5. The first-order valence-corrected chi connectivity index (χ1v) is 10.1. The van der Waals surface area contributed by atoms with Crippen LogP contribution < -0.4 is 9.64 Å². The lowest BCUT2D eigenvalue weighted by Gasteiger charge is -2.36. The van der Waals surface area contributed by atoms with Crippen molar-refractivity contribution < 1.29 is 19.1 Å². The predicted molar refractivity (Wildman–Crippen MR) is 114 cm³/mol. The van der Waals surface area contributed by atoms with Crippen molar-refractivity contribution in [1.82, 2.24) is 4.90 Å². The van der Waals surface area contributed by atoms with E-state index in [1.165, 1.54) is 6.07 Å². The Morgan fingerprint density at radius 3 is 2.38 bits per heavy atom. The molecule has 152 valence electrons. The number of fused-ring (bicyclic) bond motifs is 1. The van der Waals surface area contributed by atoms with Crippen LogP contribution in [0.25, 0.3) is 11.0 Å². The molecule has 1 aromatic heterocycles. The summed E-state index contributed by atoms with van der Waals surface area (Å²) in [7, 11) is 0. The third kappa shape index (κ3) is 4.56. The fourth-order valence-corrected chi connectivity index (χ4v) is 4.43. The maximum atomic E-state index is 10.7. The molecule has 0 amide bonds. The van der Waals surface area contributed by atoms with Gasteiger partial charge in [-0.1, -0.05) is 34.8 Å². The standard InChI is InChI=1S/C20H17Cl3N2O4/c21-13-7-12(8-14(22)9-13)11-24-3-5-25(6-4-24)16-1-2-17-15(19(16)23)10-18(28-17)29-20(26)27/h1-2,7-10H,3-6,11H2,(H,26,27). The van der Waals surface area contributed by atoms with Crippen LogP contribution in [0.3, 0.4) is 0 Å². The van der Waals surface area contributed by atoms with E-state index >= 15 is 0 Å². The lowest BCUT2D eigenvalue weighted by Crippen LogP contribution is -2.46. The van der Waals surface area contributed by atoms with Gasteiger partial charge in [0.05, 0.1) is 10.7 Å². The van der Waals surface area contributed by atoms with Crippen LogP contribution in [0.5, 0.6) is 5.95 Å². The summed E-state index contributed by atoms with van der Waals surface area (Å²) in [6.07, 6.45) is -1.43. The lowest BCUT2D eigenvalue weighted by molar-refractivity contribution is 0.134. The molecule has 0 bridgehead atoms. The van der Waals surface area contributed by atoms with Gasteiger partial charge in [0.25, 0.3) is 5.95 Å². The van der Waals surface area contributed by atoms with E-state index in [0.717, 1.165) is 44.0 Å². The summed E-state index contributed by atoms with van der Waals surface area (Å²) >= 11 is 18.8. The molecule has 0 spiro atoms. The highest BCUT2D eigenvalue weighted by Crippen LogP contribution is 2.37. The van der Waals surface area contributed by atoms with E-state index in [0.29, 0.717) is 26.0 Å². The van der Waals surface area contributed by atoms with Crippen molar-refractivity contribution >= 4 is 57.6 Å². The number of halogens is 3. The van der Waals surface area contributed by atoms with Gasteiger partial charge in [0.1, 0.15) is 5.58 Å². The number of benzene rings is 2. The number of carboxylic acid groups (broad SMARTS) is 1. The van der Waals surface area contributed by atoms with Gasteiger partial charge in [-0.2, -0.15) is 0 Å². The van der Waals surface area contributed by atoms with Crippen LogP contribution in [-0.4, -0.2) is 42.3 Å². The second-order valence-corrected chi connectivity index (χ2v) is 8.04. The van der Waals surface area contributed by atoms with E-state index in [1.807, 2.05) is 18.2 Å². The number of hydrogen-bond donors (Lipinski definition) is 1. The van der Waals surface area contributed by atoms with Gasteiger partial charge in [-0.3, -0.25) is 4.90 Å². The highest BCUT2D eigenvalue weighted by Gasteiger charge is 2.21. The summed E-state index contributed by atoms with van der Waals surface area (Å²) in [5.41, 5.74) is 2.44. The van der Waals surface area contributed by atoms with Crippen LogP contribution in [0, 0.1) is 0 Å². The summed E-state index contributed by atoms with van der Waals surface area (Å²) in [4.78, 5) is 15.2. The van der Waals surface area contributed by atoms with Gasteiger partial charge >= 0.3 is 6.16 Å². The number of rotatable bonds is 4. The average molecular weight is 456 g/mol. The Hall–Kier alpha value is -2.12. The minimum absolute atomic E-state index is 0.100. The van der Waals surface area contributed by atoms with Crippen molar-refractivity contribution in [2.24, 2.45) is 0 Å². The Morgan fingerprint density at radius 1 is 1.03 bits per heavy atom. The second-order valence-electron chi connectivity index (χ2n) is 6.78. The lowest BCUT2D eigenvalue weighted by atomic mass is 10.1. The zero-order valence-electron chi connectivity index (χ0n) is 15.2. The molecule has 29 heavy (non-hydrogen) atoms. The van der Waals surface area contributed by atoms with Gasteiger partial charge in [0.15, 0.2) is 0 Å². The first-order chi connectivity index (χ1) is 13.9. The molecule has 0 atom stereocenters. The van der Waals surface area contributed by atoms with Gasteiger partial charge in [0, 0.05) is 54.2 Å². The Kier molecular flexibility index (Phi) is 5.79. The zero-order valence-corrected chi connectivity index (χ0v) is 17.5. The van der Waals surface area contributed by atoms with Crippen molar-refractivity contribution in [2.75, 3.05) is 31.1 Å². The molecule has 1 aliphatic heterocycles. The molecule has 2 heterocycles. The zero-order chi connectivity index (χ0) is 20.5. The Bertz CT molecular complexity index is 1040. The molecule has 1 saturated heterocycles. The number of furan rings is 1. The monoisotopic (exact) mass is 454 g/mol. The molecule has 0 aliphatic carbocycles. The topological polar surface area (TPSA) is 66.2 Å². The molecule has 6 nitrogen and oxygen atoms in total. The summed E-state index contributed by atoms with van der Waals surface area (Å²) in [5, 5.41) is 11.1. The van der Waals surface area contributed by atoms with E-state index in [-0.39, 0.29) is 5.95 Å². The van der Waals surface area contributed by atoms with Crippen molar-refractivity contribution in [3.05, 3.63) is 57.0 Å². The van der Waals surface area contributed by atoms with Crippen molar-refractivity contribution in [3.8, 4) is 5.95 Å². The molecule has 0 saturated carbocycles. The molecule has 4 rings (SSSR count). The Labute approximate surface area is 182 Å². The number of anilines is 1. The number of piperazine rings is 1. The average Bonchev–Trinajstić information content (AvgIpc) is 3.05. The molecule has 1 fully saturated rings. The maximum Gasteiger partial charge on any atom is 0.513 e. The van der Waals surface area contributed by atoms with Crippen molar-refractivity contribution in [1.29, 1.82) is 0 Å². The van der Waals surface area contributed by atoms with Crippen LogP contribution in [0.1, 0.15) is 5.56 Å². The highest BCUT2D eigenvalue weighted by atomic mass is 35.5. The normalized spacial score (nSPS) is 15.1. The highest BCUT2D eigenvalue weighted by molar-refractivity contribution is 6.38. The third-order valence-electron chi connectivity index (χ3n) is 4.82. The molecular formula is C20H17Cl3N2O4. The SMILES string of the molecule is O=C(O)Oc1cc2c(Cl)c(N3CCN(Cc4cc(Cl)cc(Cl)c4)CC3)ccc2o1. The second kappa shape index (κ2) is 8.32. The van der Waals surface area contributed by atoms with E-state index < -0.39 is 6.16 Å². The molecular weight excluding hydrogens is 439 g/mol.